The smallest absolute Gasteiger partial charge is 0.244 e. The van der Waals surface area contributed by atoms with Crippen molar-refractivity contribution in [3.63, 3.8) is 0 Å². The van der Waals surface area contributed by atoms with Crippen LogP contribution in [-0.2, 0) is 14.8 Å². The van der Waals surface area contributed by atoms with E-state index in [1.54, 1.807) is 30.5 Å². The fourth-order valence-electron chi connectivity index (χ4n) is 2.62. The van der Waals surface area contributed by atoms with Crippen molar-refractivity contribution in [2.45, 2.75) is 47.8 Å². The number of hydrogen-bond acceptors (Lipinski definition) is 5. The molecule has 1 aliphatic rings. The van der Waals surface area contributed by atoms with Gasteiger partial charge in [0.15, 0.2) is 0 Å². The Labute approximate surface area is 148 Å². The van der Waals surface area contributed by atoms with Crippen LogP contribution in [0.5, 0.6) is 0 Å². The molecule has 0 aromatic carbocycles. The predicted molar refractivity (Wildman–Crippen MR) is 95.5 cm³/mol. The number of thioether (sulfide) groups is 1. The van der Waals surface area contributed by atoms with Gasteiger partial charge in [-0.2, -0.15) is 4.31 Å². The summed E-state index contributed by atoms with van der Waals surface area (Å²) >= 11 is 1.33. The van der Waals surface area contributed by atoms with Crippen molar-refractivity contribution in [2.24, 2.45) is 0 Å². The summed E-state index contributed by atoms with van der Waals surface area (Å²) < 4.78 is 26.9. The molecule has 1 aromatic rings. The van der Waals surface area contributed by atoms with Crippen LogP contribution in [0.25, 0.3) is 0 Å². The molecule has 0 radical (unpaired) electrons. The summed E-state index contributed by atoms with van der Waals surface area (Å²) in [6.07, 6.45) is 5.38. The Bertz CT molecular complexity index is 652. The molecule has 1 amide bonds. The Balaban J connectivity index is 2.09. The van der Waals surface area contributed by atoms with Crippen LogP contribution in [-0.4, -0.2) is 60.9 Å². The number of nitrogens with zero attached hydrogens (tertiary/aromatic N) is 3. The Hall–Kier alpha value is -1.12. The fraction of sp³-hybridized carbons (Fsp3) is 0.625. The highest BCUT2D eigenvalue weighted by Gasteiger charge is 2.25. The van der Waals surface area contributed by atoms with Crippen LogP contribution < -0.4 is 0 Å². The number of pyridine rings is 1. The fourth-order valence-corrected chi connectivity index (χ4v) is 5.01. The van der Waals surface area contributed by atoms with Crippen LogP contribution in [0.4, 0.5) is 0 Å². The number of carbonyl (C=O) groups is 1. The van der Waals surface area contributed by atoms with E-state index in [0.29, 0.717) is 18.1 Å². The molecule has 0 saturated carbocycles. The molecule has 1 fully saturated rings. The lowest BCUT2D eigenvalue weighted by Gasteiger charge is -2.20. The van der Waals surface area contributed by atoms with Gasteiger partial charge in [0.25, 0.3) is 0 Å². The number of amides is 1. The second-order valence-corrected chi connectivity index (χ2v) is 9.44. The number of carbonyl (C=O) groups excluding carboxylic acids is 1. The van der Waals surface area contributed by atoms with Gasteiger partial charge in [-0.15, -0.1) is 0 Å². The minimum absolute atomic E-state index is 0.00284. The lowest BCUT2D eigenvalue weighted by Crippen LogP contribution is -2.32. The molecule has 134 valence electrons. The summed E-state index contributed by atoms with van der Waals surface area (Å²) in [6, 6.07) is 3.26. The van der Waals surface area contributed by atoms with Gasteiger partial charge < -0.3 is 4.90 Å². The van der Waals surface area contributed by atoms with Gasteiger partial charge in [-0.25, -0.2) is 13.4 Å². The van der Waals surface area contributed by atoms with E-state index in [4.69, 9.17) is 0 Å². The second-order valence-electron chi connectivity index (χ2n) is 6.14. The Morgan fingerprint density at radius 2 is 1.83 bits per heavy atom. The average molecular weight is 372 g/mol. The molecule has 2 heterocycles. The second kappa shape index (κ2) is 8.31. The van der Waals surface area contributed by atoms with Gasteiger partial charge in [-0.05, 0) is 31.9 Å². The molecule has 0 bridgehead atoms. The zero-order valence-electron chi connectivity index (χ0n) is 14.4. The normalized spacial score (nSPS) is 18.0. The number of aromatic nitrogens is 1. The molecule has 2 rings (SSSR count). The number of hydrogen-bond donors (Lipinski definition) is 0. The number of sulfonamides is 1. The van der Waals surface area contributed by atoms with Crippen molar-refractivity contribution in [1.29, 1.82) is 0 Å². The SMILES string of the molecule is C[C@@H](Sc1ccc(S(=O)(=O)N2CCCCCC2)cn1)C(=O)N(C)C. The Morgan fingerprint density at radius 3 is 2.33 bits per heavy atom. The third kappa shape index (κ3) is 4.70. The zero-order chi connectivity index (χ0) is 17.7. The minimum Gasteiger partial charge on any atom is -0.348 e. The minimum atomic E-state index is -3.47. The maximum Gasteiger partial charge on any atom is 0.244 e. The highest BCUT2D eigenvalue weighted by atomic mass is 32.2. The summed E-state index contributed by atoms with van der Waals surface area (Å²) in [7, 11) is -0.0500. The quantitative estimate of drug-likeness (QED) is 0.742. The van der Waals surface area contributed by atoms with Gasteiger partial charge >= 0.3 is 0 Å². The summed E-state index contributed by atoms with van der Waals surface area (Å²) in [4.78, 5) is 17.9. The van der Waals surface area contributed by atoms with E-state index in [9.17, 15) is 13.2 Å². The van der Waals surface area contributed by atoms with Gasteiger partial charge in [-0.1, -0.05) is 24.6 Å². The van der Waals surface area contributed by atoms with E-state index >= 15 is 0 Å². The predicted octanol–water partition coefficient (Wildman–Crippen LogP) is 2.22. The van der Waals surface area contributed by atoms with Gasteiger partial charge in [0.1, 0.15) is 4.90 Å². The highest BCUT2D eigenvalue weighted by molar-refractivity contribution is 8.00. The van der Waals surface area contributed by atoms with Crippen molar-refractivity contribution in [2.75, 3.05) is 27.2 Å². The molecule has 24 heavy (non-hydrogen) atoms. The van der Waals surface area contributed by atoms with E-state index in [1.165, 1.54) is 22.9 Å². The third-order valence-electron chi connectivity index (χ3n) is 4.00. The van der Waals surface area contributed by atoms with Crippen LogP contribution in [0.3, 0.4) is 0 Å². The van der Waals surface area contributed by atoms with E-state index in [0.717, 1.165) is 25.7 Å². The molecule has 1 saturated heterocycles. The first-order chi connectivity index (χ1) is 11.3. The first-order valence-corrected chi connectivity index (χ1v) is 10.5. The largest absolute Gasteiger partial charge is 0.348 e. The zero-order valence-corrected chi connectivity index (χ0v) is 16.1. The van der Waals surface area contributed by atoms with Gasteiger partial charge in [0, 0.05) is 33.4 Å². The molecule has 1 aliphatic heterocycles. The van der Waals surface area contributed by atoms with E-state index < -0.39 is 10.0 Å². The van der Waals surface area contributed by atoms with E-state index in [2.05, 4.69) is 4.98 Å². The van der Waals surface area contributed by atoms with E-state index in [-0.39, 0.29) is 16.1 Å². The van der Waals surface area contributed by atoms with Crippen molar-refractivity contribution in [3.05, 3.63) is 18.3 Å². The van der Waals surface area contributed by atoms with Crippen molar-refractivity contribution >= 4 is 27.7 Å². The molecule has 0 spiro atoms. The lowest BCUT2D eigenvalue weighted by molar-refractivity contribution is -0.127. The molecule has 6 nitrogen and oxygen atoms in total. The summed E-state index contributed by atoms with van der Waals surface area (Å²) in [5, 5.41) is 0.382. The van der Waals surface area contributed by atoms with Gasteiger partial charge in [0.05, 0.1) is 10.3 Å². The topological polar surface area (TPSA) is 70.6 Å². The summed E-state index contributed by atoms with van der Waals surface area (Å²) in [5.74, 6) is 0.00284. The first-order valence-electron chi connectivity index (χ1n) is 8.16. The standard InChI is InChI=1S/C16H25N3O3S2/c1-13(16(20)18(2)3)23-15-9-8-14(12-17-15)24(21,22)19-10-6-4-5-7-11-19/h8-9,12-13H,4-7,10-11H2,1-3H3/t13-/m1/s1. The maximum absolute atomic E-state index is 12.7. The number of rotatable bonds is 5. The summed E-state index contributed by atoms with van der Waals surface area (Å²) in [5.41, 5.74) is 0. The summed E-state index contributed by atoms with van der Waals surface area (Å²) in [6.45, 7) is 2.97. The average Bonchev–Trinajstić information content (AvgIpc) is 2.84. The molecule has 8 heteroatoms. The lowest BCUT2D eigenvalue weighted by atomic mass is 10.2. The van der Waals surface area contributed by atoms with Crippen molar-refractivity contribution in [3.8, 4) is 0 Å². The molecular weight excluding hydrogens is 346 g/mol. The van der Waals surface area contributed by atoms with Gasteiger partial charge in [0.2, 0.25) is 15.9 Å². The third-order valence-corrected chi connectivity index (χ3v) is 6.92. The van der Waals surface area contributed by atoms with Crippen LogP contribution in [0.15, 0.2) is 28.3 Å². The first kappa shape index (κ1) is 19.2. The molecule has 1 atom stereocenters. The highest BCUT2D eigenvalue weighted by Crippen LogP contribution is 2.25. The van der Waals surface area contributed by atoms with Crippen LogP contribution >= 0.6 is 11.8 Å². The van der Waals surface area contributed by atoms with Crippen LogP contribution in [0.1, 0.15) is 32.6 Å². The van der Waals surface area contributed by atoms with E-state index in [1.807, 2.05) is 6.92 Å². The van der Waals surface area contributed by atoms with Crippen molar-refractivity contribution < 1.29 is 13.2 Å². The van der Waals surface area contributed by atoms with Gasteiger partial charge in [-0.3, -0.25) is 4.79 Å². The molecule has 0 unspecified atom stereocenters. The Morgan fingerprint density at radius 1 is 1.21 bits per heavy atom. The monoisotopic (exact) mass is 371 g/mol. The Kier molecular flexibility index (Phi) is 6.65. The molecule has 0 N–H and O–H groups in total. The molecule has 0 aliphatic carbocycles. The molecular formula is C16H25N3O3S2. The van der Waals surface area contributed by atoms with Crippen molar-refractivity contribution in [1.82, 2.24) is 14.2 Å². The maximum atomic E-state index is 12.7. The van der Waals surface area contributed by atoms with Crippen LogP contribution in [0.2, 0.25) is 0 Å². The molecule has 1 aromatic heterocycles. The van der Waals surface area contributed by atoms with Crippen LogP contribution in [0, 0.1) is 0 Å².